The van der Waals surface area contributed by atoms with Crippen LogP contribution in [0.4, 0.5) is 18.9 Å². The van der Waals surface area contributed by atoms with Crippen LogP contribution in [0.1, 0.15) is 17.4 Å². The number of hydrogen-bond donors (Lipinski definition) is 1. The van der Waals surface area contributed by atoms with Gasteiger partial charge in [0.15, 0.2) is 0 Å². The molecule has 2 aromatic rings. The summed E-state index contributed by atoms with van der Waals surface area (Å²) >= 11 is 1.28. The number of hydrogen-bond acceptors (Lipinski definition) is 4. The van der Waals surface area contributed by atoms with E-state index in [-0.39, 0.29) is 23.5 Å². The van der Waals surface area contributed by atoms with Crippen LogP contribution < -0.4 is 5.32 Å². The number of amides is 2. The summed E-state index contributed by atoms with van der Waals surface area (Å²) in [5.74, 6) is -1.00. The average Bonchev–Trinajstić information content (AvgIpc) is 3.15. The molecule has 3 rings (SSSR count). The second-order valence-corrected chi connectivity index (χ2v) is 6.23. The molecule has 8 heteroatoms. The number of likely N-dealkylation sites (N-methyl/N-ethyl adjacent to an activating group) is 1. The molecule has 0 bridgehead atoms. The van der Waals surface area contributed by atoms with E-state index in [1.54, 1.807) is 24.4 Å². The van der Waals surface area contributed by atoms with E-state index >= 15 is 0 Å². The lowest BCUT2D eigenvalue weighted by molar-refractivity contribution is -0.138. The molecule has 25 heavy (non-hydrogen) atoms. The lowest BCUT2D eigenvalue weighted by Crippen LogP contribution is -2.32. The predicted molar refractivity (Wildman–Crippen MR) is 88.7 cm³/mol. The number of alkyl halides is 3. The van der Waals surface area contributed by atoms with Crippen LogP contribution in [0.25, 0.3) is 5.57 Å². The van der Waals surface area contributed by atoms with Gasteiger partial charge in [0.25, 0.3) is 11.8 Å². The van der Waals surface area contributed by atoms with Gasteiger partial charge in [-0.05, 0) is 36.6 Å². The van der Waals surface area contributed by atoms with Crippen LogP contribution in [0, 0.1) is 0 Å². The molecule has 1 aliphatic heterocycles. The van der Waals surface area contributed by atoms with Crippen molar-refractivity contribution < 1.29 is 22.8 Å². The molecule has 1 aromatic carbocycles. The first-order valence-electron chi connectivity index (χ1n) is 7.41. The lowest BCUT2D eigenvalue weighted by atomic mass is 10.1. The number of thiophene rings is 1. The number of carbonyl (C=O) groups excluding carboxylic acids is 2. The van der Waals surface area contributed by atoms with Gasteiger partial charge in [-0.15, -0.1) is 11.3 Å². The molecule has 1 aliphatic rings. The number of halogens is 3. The molecule has 0 unspecified atom stereocenters. The van der Waals surface area contributed by atoms with E-state index < -0.39 is 23.6 Å². The summed E-state index contributed by atoms with van der Waals surface area (Å²) in [6, 6.07) is 7.94. The zero-order valence-corrected chi connectivity index (χ0v) is 13.9. The molecule has 0 spiro atoms. The molecule has 2 heterocycles. The number of benzene rings is 1. The van der Waals surface area contributed by atoms with Gasteiger partial charge in [-0.25, -0.2) is 0 Å². The Hall–Kier alpha value is -2.61. The predicted octanol–water partition coefficient (Wildman–Crippen LogP) is 3.98. The fraction of sp³-hybridized carbons (Fsp3) is 0.176. The minimum absolute atomic E-state index is 0.00590. The number of nitrogens with zero attached hydrogens (tertiary/aromatic N) is 1. The fourth-order valence-corrected chi connectivity index (χ4v) is 3.31. The summed E-state index contributed by atoms with van der Waals surface area (Å²) in [6.07, 6.45) is -4.49. The summed E-state index contributed by atoms with van der Waals surface area (Å²) < 4.78 is 38.6. The van der Waals surface area contributed by atoms with Crippen molar-refractivity contribution in [2.45, 2.75) is 13.1 Å². The molecule has 0 fully saturated rings. The molecule has 0 saturated heterocycles. The Morgan fingerprint density at radius 2 is 1.88 bits per heavy atom. The van der Waals surface area contributed by atoms with Crippen LogP contribution in [-0.2, 0) is 15.8 Å². The van der Waals surface area contributed by atoms with Crippen LogP contribution in [0.15, 0.2) is 47.5 Å². The minimum Gasteiger partial charge on any atom is -0.350 e. The van der Waals surface area contributed by atoms with E-state index in [2.05, 4.69) is 5.32 Å². The minimum atomic E-state index is -4.49. The third-order valence-electron chi connectivity index (χ3n) is 3.71. The molecule has 130 valence electrons. The zero-order valence-electron chi connectivity index (χ0n) is 13.1. The highest BCUT2D eigenvalue weighted by molar-refractivity contribution is 7.11. The number of carbonyl (C=O) groups is 2. The van der Waals surface area contributed by atoms with E-state index in [0.717, 1.165) is 17.0 Å². The highest BCUT2D eigenvalue weighted by atomic mass is 32.1. The summed E-state index contributed by atoms with van der Waals surface area (Å²) in [5, 5.41) is 4.47. The third kappa shape index (κ3) is 3.17. The van der Waals surface area contributed by atoms with Gasteiger partial charge in [0.05, 0.1) is 11.1 Å². The fourth-order valence-electron chi connectivity index (χ4n) is 2.55. The standard InChI is InChI=1S/C17H13F3N2O2S/c1-2-22-15(23)13(12-7-4-8-25-12)14(16(22)24)21-11-6-3-5-10(9-11)17(18,19)20/h3-9,21H,2H2,1H3. The number of imide groups is 1. The maximum atomic E-state index is 12.9. The molecule has 2 amide bonds. The van der Waals surface area contributed by atoms with E-state index in [9.17, 15) is 22.8 Å². The Morgan fingerprint density at radius 1 is 1.12 bits per heavy atom. The van der Waals surface area contributed by atoms with Crippen molar-refractivity contribution in [3.05, 3.63) is 57.9 Å². The quantitative estimate of drug-likeness (QED) is 0.833. The highest BCUT2D eigenvalue weighted by Crippen LogP contribution is 2.34. The Bertz CT molecular complexity index is 857. The van der Waals surface area contributed by atoms with Crippen LogP contribution >= 0.6 is 11.3 Å². The molecule has 0 saturated carbocycles. The monoisotopic (exact) mass is 366 g/mol. The largest absolute Gasteiger partial charge is 0.416 e. The van der Waals surface area contributed by atoms with Gasteiger partial charge in [-0.3, -0.25) is 14.5 Å². The molecule has 0 radical (unpaired) electrons. The summed E-state index contributed by atoms with van der Waals surface area (Å²) in [4.78, 5) is 26.7. The first-order chi connectivity index (χ1) is 11.8. The van der Waals surface area contributed by atoms with Gasteiger partial charge < -0.3 is 5.32 Å². The van der Waals surface area contributed by atoms with E-state index in [0.29, 0.717) is 4.88 Å². The SMILES string of the molecule is CCN1C(=O)C(Nc2cccc(C(F)(F)F)c2)=C(c2cccs2)C1=O. The second kappa shape index (κ2) is 6.36. The van der Waals surface area contributed by atoms with Crippen molar-refractivity contribution in [3.8, 4) is 0 Å². The lowest BCUT2D eigenvalue weighted by Gasteiger charge is -2.13. The average molecular weight is 366 g/mol. The van der Waals surface area contributed by atoms with Gasteiger partial charge in [-0.1, -0.05) is 12.1 Å². The number of rotatable bonds is 4. The highest BCUT2D eigenvalue weighted by Gasteiger charge is 2.39. The topological polar surface area (TPSA) is 49.4 Å². The molecular formula is C17H13F3N2O2S. The van der Waals surface area contributed by atoms with Gasteiger partial charge in [0.1, 0.15) is 5.70 Å². The summed E-state index contributed by atoms with van der Waals surface area (Å²) in [6.45, 7) is 1.84. The van der Waals surface area contributed by atoms with Crippen LogP contribution in [0.5, 0.6) is 0 Å². The normalized spacial score (nSPS) is 15.3. The maximum Gasteiger partial charge on any atom is 0.416 e. The molecule has 4 nitrogen and oxygen atoms in total. The first kappa shape index (κ1) is 17.2. The summed E-state index contributed by atoms with van der Waals surface area (Å²) in [5.41, 5.74) is -0.564. The molecule has 1 N–H and O–H groups in total. The smallest absolute Gasteiger partial charge is 0.350 e. The molecular weight excluding hydrogens is 353 g/mol. The number of anilines is 1. The number of nitrogens with one attached hydrogen (secondary N) is 1. The molecule has 1 aromatic heterocycles. The van der Waals surface area contributed by atoms with Gasteiger partial charge in [0.2, 0.25) is 0 Å². The second-order valence-electron chi connectivity index (χ2n) is 5.29. The van der Waals surface area contributed by atoms with Crippen LogP contribution in [0.2, 0.25) is 0 Å². The van der Waals surface area contributed by atoms with Crippen molar-refractivity contribution in [2.75, 3.05) is 11.9 Å². The van der Waals surface area contributed by atoms with Gasteiger partial charge in [0, 0.05) is 17.1 Å². The first-order valence-corrected chi connectivity index (χ1v) is 8.29. The van der Waals surface area contributed by atoms with E-state index in [4.69, 9.17) is 0 Å². The maximum absolute atomic E-state index is 12.9. The Kier molecular flexibility index (Phi) is 4.38. The summed E-state index contributed by atoms with van der Waals surface area (Å²) in [7, 11) is 0. The Morgan fingerprint density at radius 3 is 2.48 bits per heavy atom. The van der Waals surface area contributed by atoms with Crippen molar-refractivity contribution in [1.82, 2.24) is 4.90 Å². The van der Waals surface area contributed by atoms with Crippen LogP contribution in [-0.4, -0.2) is 23.3 Å². The van der Waals surface area contributed by atoms with Crippen LogP contribution in [0.3, 0.4) is 0 Å². The molecule has 0 atom stereocenters. The van der Waals surface area contributed by atoms with Gasteiger partial charge in [-0.2, -0.15) is 13.2 Å². The van der Waals surface area contributed by atoms with Crippen molar-refractivity contribution in [3.63, 3.8) is 0 Å². The van der Waals surface area contributed by atoms with Crippen molar-refractivity contribution in [2.24, 2.45) is 0 Å². The van der Waals surface area contributed by atoms with Crippen molar-refractivity contribution >= 4 is 34.4 Å². The Labute approximate surface area is 145 Å². The van der Waals surface area contributed by atoms with Gasteiger partial charge >= 0.3 is 6.18 Å². The molecule has 0 aliphatic carbocycles. The van der Waals surface area contributed by atoms with Crippen molar-refractivity contribution in [1.29, 1.82) is 0 Å². The van der Waals surface area contributed by atoms with E-state index in [1.165, 1.54) is 23.5 Å². The Balaban J connectivity index is 2.04. The zero-order chi connectivity index (χ0) is 18.2. The third-order valence-corrected chi connectivity index (χ3v) is 4.60. The van der Waals surface area contributed by atoms with E-state index in [1.807, 2.05) is 0 Å².